The molecule has 1 aliphatic rings. The van der Waals surface area contributed by atoms with Crippen molar-refractivity contribution in [1.82, 2.24) is 8.96 Å². The third-order valence-electron chi connectivity index (χ3n) is 4.26. The van der Waals surface area contributed by atoms with Gasteiger partial charge in [-0.3, -0.25) is 13.8 Å². The van der Waals surface area contributed by atoms with E-state index in [2.05, 4.69) is 10.3 Å². The van der Waals surface area contributed by atoms with Crippen molar-refractivity contribution in [3.63, 3.8) is 0 Å². The van der Waals surface area contributed by atoms with Crippen molar-refractivity contribution in [3.05, 3.63) is 48.5 Å². The lowest BCUT2D eigenvalue weighted by molar-refractivity contribution is 0.102. The van der Waals surface area contributed by atoms with Crippen LogP contribution in [0.4, 0.5) is 5.69 Å². The van der Waals surface area contributed by atoms with Crippen LogP contribution in [-0.4, -0.2) is 29.6 Å². The summed E-state index contributed by atoms with van der Waals surface area (Å²) in [5.74, 6) is -0.354. The van der Waals surface area contributed by atoms with Gasteiger partial charge < -0.3 is 5.32 Å². The molecule has 0 bridgehead atoms. The van der Waals surface area contributed by atoms with Gasteiger partial charge in [0.15, 0.2) is 0 Å². The van der Waals surface area contributed by atoms with Gasteiger partial charge in [0.2, 0.25) is 5.23 Å². The Hall–Kier alpha value is -2.37. The van der Waals surface area contributed by atoms with Gasteiger partial charge in [0, 0.05) is 18.6 Å². The molecule has 1 saturated carbocycles. The summed E-state index contributed by atoms with van der Waals surface area (Å²) in [6.45, 7) is 0. The van der Waals surface area contributed by atoms with E-state index in [9.17, 15) is 13.8 Å². The lowest BCUT2D eigenvalue weighted by atomic mass is 10.0. The SMILES string of the molecule is O=C=S(=O)(C1CCCCC1)n1ccc(NC(=O)c2ccccn2)c1. The maximum absolute atomic E-state index is 13.1. The van der Waals surface area contributed by atoms with E-state index in [0.717, 1.165) is 32.1 Å². The monoisotopic (exact) mass is 345 g/mol. The molecule has 126 valence electrons. The second kappa shape index (κ2) is 7.03. The number of nitrogens with zero attached hydrogens (tertiary/aromatic N) is 2. The second-order valence-corrected chi connectivity index (χ2v) is 8.23. The van der Waals surface area contributed by atoms with Crippen LogP contribution in [0.15, 0.2) is 42.9 Å². The van der Waals surface area contributed by atoms with Gasteiger partial charge in [-0.1, -0.05) is 25.3 Å². The Labute approximate surface area is 141 Å². The van der Waals surface area contributed by atoms with Crippen LogP contribution in [0, 0.1) is 0 Å². The van der Waals surface area contributed by atoms with Gasteiger partial charge in [-0.2, -0.15) is 0 Å². The van der Waals surface area contributed by atoms with Crippen molar-refractivity contribution in [1.29, 1.82) is 0 Å². The standard InChI is InChI=1S/C17H19N3O3S/c21-13-24(23,15-6-2-1-3-7-15)20-11-9-14(12-20)19-17(22)16-8-4-5-10-18-16/h4-5,8-12,15H,1-3,6-7H2,(H,19,22). The molecule has 2 aromatic rings. The maximum Gasteiger partial charge on any atom is 0.274 e. The van der Waals surface area contributed by atoms with E-state index >= 15 is 0 Å². The Morgan fingerprint density at radius 1 is 1.25 bits per heavy atom. The van der Waals surface area contributed by atoms with Crippen molar-refractivity contribution >= 4 is 26.5 Å². The summed E-state index contributed by atoms with van der Waals surface area (Å²) in [6, 6.07) is 6.69. The fraction of sp³-hybridized carbons (Fsp3) is 0.353. The fourth-order valence-corrected chi connectivity index (χ4v) is 5.03. The van der Waals surface area contributed by atoms with Gasteiger partial charge in [0.05, 0.1) is 10.9 Å². The summed E-state index contributed by atoms with van der Waals surface area (Å²) in [4.78, 5) is 27.6. The van der Waals surface area contributed by atoms with Gasteiger partial charge in [0.1, 0.15) is 15.4 Å². The number of amides is 1. The van der Waals surface area contributed by atoms with Gasteiger partial charge in [-0.15, -0.1) is 0 Å². The van der Waals surface area contributed by atoms with Crippen LogP contribution < -0.4 is 5.32 Å². The number of hydrogen-bond donors (Lipinski definition) is 1. The van der Waals surface area contributed by atoms with Crippen molar-refractivity contribution < 1.29 is 13.8 Å². The molecule has 1 aliphatic carbocycles. The molecular formula is C17H19N3O3S. The van der Waals surface area contributed by atoms with Crippen LogP contribution in [0.25, 0.3) is 0 Å². The summed E-state index contributed by atoms with van der Waals surface area (Å²) in [6.07, 6.45) is 9.24. The van der Waals surface area contributed by atoms with Crippen LogP contribution in [0.5, 0.6) is 0 Å². The van der Waals surface area contributed by atoms with E-state index < -0.39 is 9.71 Å². The zero-order chi connectivity index (χ0) is 17.0. The number of carbonyl (C=O) groups excluding carboxylic acids is 2. The average molecular weight is 345 g/mol. The zero-order valence-electron chi connectivity index (χ0n) is 13.2. The molecule has 0 aliphatic heterocycles. The Morgan fingerprint density at radius 3 is 2.71 bits per heavy atom. The number of rotatable bonds is 4. The first kappa shape index (κ1) is 16.5. The first-order valence-electron chi connectivity index (χ1n) is 7.96. The smallest absolute Gasteiger partial charge is 0.274 e. The normalized spacial score (nSPS) is 17.7. The lowest BCUT2D eigenvalue weighted by Gasteiger charge is -2.24. The van der Waals surface area contributed by atoms with E-state index in [1.807, 2.05) is 0 Å². The van der Waals surface area contributed by atoms with Crippen molar-refractivity contribution in [2.24, 2.45) is 0 Å². The van der Waals surface area contributed by atoms with Crippen molar-refractivity contribution in [2.45, 2.75) is 37.4 Å². The third kappa shape index (κ3) is 3.27. The van der Waals surface area contributed by atoms with Crippen LogP contribution >= 0.6 is 0 Å². The van der Waals surface area contributed by atoms with Gasteiger partial charge in [-0.05, 0) is 31.0 Å². The molecule has 0 radical (unpaired) electrons. The molecular weight excluding hydrogens is 326 g/mol. The van der Waals surface area contributed by atoms with Crippen LogP contribution in [0.2, 0.25) is 0 Å². The number of pyridine rings is 1. The Kier molecular flexibility index (Phi) is 4.83. The highest BCUT2D eigenvalue weighted by molar-refractivity contribution is 7.99. The average Bonchev–Trinajstić information content (AvgIpc) is 3.11. The summed E-state index contributed by atoms with van der Waals surface area (Å²) >= 11 is 0. The van der Waals surface area contributed by atoms with E-state index in [4.69, 9.17) is 0 Å². The second-order valence-electron chi connectivity index (χ2n) is 5.84. The minimum Gasteiger partial charge on any atom is -0.319 e. The molecule has 7 heteroatoms. The largest absolute Gasteiger partial charge is 0.319 e. The summed E-state index contributed by atoms with van der Waals surface area (Å²) in [7, 11) is -2.94. The van der Waals surface area contributed by atoms with Crippen molar-refractivity contribution in [3.8, 4) is 0 Å². The molecule has 24 heavy (non-hydrogen) atoms. The molecule has 1 fully saturated rings. The third-order valence-corrected chi connectivity index (χ3v) is 6.73. The van der Waals surface area contributed by atoms with Gasteiger partial charge in [0.25, 0.3) is 5.91 Å². The molecule has 3 rings (SSSR count). The molecule has 0 aromatic carbocycles. The maximum atomic E-state index is 13.1. The van der Waals surface area contributed by atoms with Crippen LogP contribution in [0.3, 0.4) is 0 Å². The quantitative estimate of drug-likeness (QED) is 0.864. The van der Waals surface area contributed by atoms with Gasteiger partial charge >= 0.3 is 0 Å². The van der Waals surface area contributed by atoms with E-state index in [0.29, 0.717) is 11.4 Å². The molecule has 1 amide bonds. The predicted octanol–water partition coefficient (Wildman–Crippen LogP) is 2.58. The Bertz CT molecular complexity index is 856. The number of carbonyl (C=O) groups is 1. The number of nitrogens with one attached hydrogen (secondary N) is 1. The predicted molar refractivity (Wildman–Crippen MR) is 92.7 cm³/mol. The highest BCUT2D eigenvalue weighted by atomic mass is 32.2. The molecule has 0 saturated heterocycles. The molecule has 1 N–H and O–H groups in total. The summed E-state index contributed by atoms with van der Waals surface area (Å²) in [5, 5.41) is 4.29. The van der Waals surface area contributed by atoms with Gasteiger partial charge in [-0.25, -0.2) is 9.00 Å². The first-order valence-corrected chi connectivity index (χ1v) is 9.54. The molecule has 1 unspecified atom stereocenters. The molecule has 6 nitrogen and oxygen atoms in total. The van der Waals surface area contributed by atoms with E-state index in [1.54, 1.807) is 35.7 Å². The molecule has 2 aromatic heterocycles. The number of anilines is 1. The van der Waals surface area contributed by atoms with Crippen LogP contribution in [-0.2, 0) is 14.5 Å². The number of hydrogen-bond acceptors (Lipinski definition) is 4. The van der Waals surface area contributed by atoms with Crippen molar-refractivity contribution in [2.75, 3.05) is 5.32 Å². The zero-order valence-corrected chi connectivity index (χ0v) is 14.0. The molecule has 2 heterocycles. The van der Waals surface area contributed by atoms with Crippen LogP contribution in [0.1, 0.15) is 42.6 Å². The lowest BCUT2D eigenvalue weighted by Crippen LogP contribution is -2.29. The first-order chi connectivity index (χ1) is 11.6. The summed E-state index contributed by atoms with van der Waals surface area (Å²) in [5.41, 5.74) is 0.768. The topological polar surface area (TPSA) is 81.1 Å². The Morgan fingerprint density at radius 2 is 2.04 bits per heavy atom. The number of aromatic nitrogens is 2. The summed E-state index contributed by atoms with van der Waals surface area (Å²) < 4.78 is 14.5. The highest BCUT2D eigenvalue weighted by Gasteiger charge is 2.27. The molecule has 0 spiro atoms. The highest BCUT2D eigenvalue weighted by Crippen LogP contribution is 2.26. The molecule has 1 atom stereocenters. The Balaban J connectivity index is 1.81. The van der Waals surface area contributed by atoms with E-state index in [-0.39, 0.29) is 11.2 Å². The fourth-order valence-electron chi connectivity index (χ4n) is 2.98. The van der Waals surface area contributed by atoms with E-state index in [1.165, 1.54) is 16.4 Å². The minimum atomic E-state index is -2.94. The minimum absolute atomic E-state index is 0.185.